The van der Waals surface area contributed by atoms with Gasteiger partial charge in [0.1, 0.15) is 6.54 Å². The molecule has 2 bridgehead atoms. The van der Waals surface area contributed by atoms with Crippen LogP contribution in [0.3, 0.4) is 0 Å². The maximum atomic E-state index is 12.9. The van der Waals surface area contributed by atoms with E-state index < -0.39 is 0 Å². The van der Waals surface area contributed by atoms with Crippen LogP contribution in [-0.2, 0) is 14.4 Å². The number of benzene rings is 1. The van der Waals surface area contributed by atoms with E-state index in [-0.39, 0.29) is 47.9 Å². The number of carbonyl (C=O) groups excluding carboxylic acids is 3. The van der Waals surface area contributed by atoms with Crippen molar-refractivity contribution in [3.63, 3.8) is 0 Å². The van der Waals surface area contributed by atoms with Gasteiger partial charge in [0.25, 0.3) is 0 Å². The summed E-state index contributed by atoms with van der Waals surface area (Å²) in [5, 5.41) is 2.88. The summed E-state index contributed by atoms with van der Waals surface area (Å²) < 4.78 is 0. The molecule has 6 rings (SSSR count). The lowest BCUT2D eigenvalue weighted by atomic mass is 9.63. The van der Waals surface area contributed by atoms with Crippen LogP contribution < -0.4 is 5.32 Å². The number of para-hydroxylation sites is 1. The largest absolute Gasteiger partial charge is 0.324 e. The number of likely N-dealkylation sites (tertiary alicyclic amines) is 1. The van der Waals surface area contributed by atoms with E-state index in [9.17, 15) is 14.4 Å². The number of carbonyl (C=O) groups is 3. The van der Waals surface area contributed by atoms with Crippen molar-refractivity contribution in [3.05, 3.63) is 41.5 Å². The monoisotopic (exact) mass is 350 g/mol. The highest BCUT2D eigenvalue weighted by Gasteiger charge is 2.67. The summed E-state index contributed by atoms with van der Waals surface area (Å²) in [5.74, 6) is 0.438. The molecule has 1 saturated heterocycles. The molecule has 0 unspecified atom stereocenters. The molecular weight excluding hydrogens is 328 g/mol. The Labute approximate surface area is 152 Å². The quantitative estimate of drug-likeness (QED) is 0.672. The predicted molar refractivity (Wildman–Crippen MR) is 96.0 cm³/mol. The summed E-state index contributed by atoms with van der Waals surface area (Å²) in [6.07, 6.45) is 5.43. The van der Waals surface area contributed by atoms with Crippen molar-refractivity contribution in [1.29, 1.82) is 0 Å². The number of anilines is 1. The molecule has 1 aliphatic heterocycles. The van der Waals surface area contributed by atoms with Crippen LogP contribution in [-0.4, -0.2) is 29.2 Å². The lowest BCUT2D eigenvalue weighted by Crippen LogP contribution is -2.40. The van der Waals surface area contributed by atoms with Crippen LogP contribution in [0.1, 0.15) is 17.5 Å². The molecule has 0 radical (unpaired) electrons. The Kier molecular flexibility index (Phi) is 3.21. The second kappa shape index (κ2) is 5.29. The van der Waals surface area contributed by atoms with Crippen LogP contribution in [0.2, 0.25) is 0 Å². The predicted octanol–water partition coefficient (Wildman–Crippen LogP) is 2.30. The SMILES string of the molecule is Cc1cccc(C)c1NC(=O)CN1C(=O)[C@@H]2[C@H]3C=C[C@@H]([C@@H]4C[C@@H]34)[C@H]2C1=O. The molecule has 3 amide bonds. The summed E-state index contributed by atoms with van der Waals surface area (Å²) >= 11 is 0. The van der Waals surface area contributed by atoms with Gasteiger partial charge in [0.15, 0.2) is 0 Å². The zero-order chi connectivity index (χ0) is 18.2. The van der Waals surface area contributed by atoms with Gasteiger partial charge >= 0.3 is 0 Å². The van der Waals surface area contributed by atoms with E-state index in [1.165, 1.54) is 4.90 Å². The second-order valence-corrected chi connectivity index (χ2v) is 8.23. The van der Waals surface area contributed by atoms with Crippen LogP contribution >= 0.6 is 0 Å². The highest BCUT2D eigenvalue weighted by atomic mass is 16.2. The molecule has 5 nitrogen and oxygen atoms in total. The van der Waals surface area contributed by atoms with Gasteiger partial charge in [-0.15, -0.1) is 0 Å². The molecule has 1 heterocycles. The molecule has 3 fully saturated rings. The Morgan fingerprint density at radius 1 is 1.04 bits per heavy atom. The average molecular weight is 350 g/mol. The van der Waals surface area contributed by atoms with Crippen molar-refractivity contribution in [2.75, 3.05) is 11.9 Å². The number of rotatable bonds is 3. The molecule has 2 saturated carbocycles. The van der Waals surface area contributed by atoms with Gasteiger partial charge < -0.3 is 5.32 Å². The van der Waals surface area contributed by atoms with Gasteiger partial charge in [-0.1, -0.05) is 30.4 Å². The van der Waals surface area contributed by atoms with Crippen LogP contribution in [0.4, 0.5) is 5.69 Å². The molecule has 0 spiro atoms. The van der Waals surface area contributed by atoms with E-state index in [0.717, 1.165) is 23.2 Å². The Morgan fingerprint density at radius 2 is 1.58 bits per heavy atom. The Hall–Kier alpha value is -2.43. The normalized spacial score (nSPS) is 36.2. The zero-order valence-electron chi connectivity index (χ0n) is 14.9. The van der Waals surface area contributed by atoms with Crippen molar-refractivity contribution in [2.24, 2.45) is 35.5 Å². The first-order chi connectivity index (χ1) is 12.5. The Bertz CT molecular complexity index is 818. The van der Waals surface area contributed by atoms with Gasteiger partial charge in [0, 0.05) is 5.69 Å². The summed E-state index contributed by atoms with van der Waals surface area (Å²) in [4.78, 5) is 39.6. The minimum atomic E-state index is -0.312. The molecule has 5 heteroatoms. The van der Waals surface area contributed by atoms with Crippen molar-refractivity contribution in [2.45, 2.75) is 20.3 Å². The first-order valence-electron chi connectivity index (χ1n) is 9.37. The molecule has 0 aromatic heterocycles. The first-order valence-corrected chi connectivity index (χ1v) is 9.37. The van der Waals surface area contributed by atoms with Crippen LogP contribution in [0.15, 0.2) is 30.4 Å². The number of amides is 3. The lowest BCUT2D eigenvalue weighted by Gasteiger charge is -2.37. The number of imide groups is 1. The molecule has 4 aliphatic carbocycles. The lowest BCUT2D eigenvalue weighted by molar-refractivity contribution is -0.142. The van der Waals surface area contributed by atoms with Gasteiger partial charge in [-0.3, -0.25) is 19.3 Å². The molecule has 134 valence electrons. The molecule has 1 aromatic carbocycles. The van der Waals surface area contributed by atoms with Crippen LogP contribution in [0.25, 0.3) is 0 Å². The summed E-state index contributed by atoms with van der Waals surface area (Å²) in [6.45, 7) is 3.67. The Morgan fingerprint density at radius 3 is 2.12 bits per heavy atom. The molecular formula is C21H22N2O3. The minimum Gasteiger partial charge on any atom is -0.324 e. The smallest absolute Gasteiger partial charge is 0.244 e. The van der Waals surface area contributed by atoms with Crippen LogP contribution in [0.5, 0.6) is 0 Å². The van der Waals surface area contributed by atoms with Gasteiger partial charge in [-0.25, -0.2) is 0 Å². The topological polar surface area (TPSA) is 66.5 Å². The number of nitrogens with one attached hydrogen (secondary N) is 1. The zero-order valence-corrected chi connectivity index (χ0v) is 14.9. The van der Waals surface area contributed by atoms with E-state index >= 15 is 0 Å². The minimum absolute atomic E-state index is 0.152. The van der Waals surface area contributed by atoms with Gasteiger partial charge in [-0.05, 0) is 55.1 Å². The standard InChI is InChI=1S/C21H22N2O3/c1-10-4-3-5-11(2)19(10)22-16(24)9-23-20(25)17-12-6-7-13(15-8-14(12)15)18(17)21(23)26/h3-7,12-15,17-18H,8-9H2,1-2H3,(H,22,24)/t12-,13-,14-,15-,17+,18+/m0/s1. The molecule has 6 atom stereocenters. The van der Waals surface area contributed by atoms with Crippen molar-refractivity contribution >= 4 is 23.4 Å². The van der Waals surface area contributed by atoms with E-state index in [2.05, 4.69) is 17.5 Å². The maximum absolute atomic E-state index is 12.9. The molecule has 1 aromatic rings. The average Bonchev–Trinajstić information content (AvgIpc) is 3.40. The number of hydrogen-bond donors (Lipinski definition) is 1. The van der Waals surface area contributed by atoms with Gasteiger partial charge in [0.2, 0.25) is 17.7 Å². The number of hydrogen-bond acceptors (Lipinski definition) is 3. The van der Waals surface area contributed by atoms with E-state index in [0.29, 0.717) is 11.8 Å². The number of aryl methyl sites for hydroxylation is 2. The van der Waals surface area contributed by atoms with E-state index in [1.807, 2.05) is 32.0 Å². The van der Waals surface area contributed by atoms with Gasteiger partial charge in [-0.2, -0.15) is 0 Å². The summed E-state index contributed by atoms with van der Waals surface area (Å²) in [7, 11) is 0. The van der Waals surface area contributed by atoms with Crippen molar-refractivity contribution in [1.82, 2.24) is 4.90 Å². The highest BCUT2D eigenvalue weighted by Crippen LogP contribution is 2.65. The second-order valence-electron chi connectivity index (χ2n) is 8.23. The third-order valence-corrected chi connectivity index (χ3v) is 6.80. The van der Waals surface area contributed by atoms with E-state index in [1.54, 1.807) is 0 Å². The maximum Gasteiger partial charge on any atom is 0.244 e. The number of nitrogens with zero attached hydrogens (tertiary/aromatic N) is 1. The third-order valence-electron chi connectivity index (χ3n) is 6.80. The van der Waals surface area contributed by atoms with Crippen molar-refractivity contribution in [3.8, 4) is 0 Å². The molecule has 26 heavy (non-hydrogen) atoms. The fourth-order valence-corrected chi connectivity index (χ4v) is 5.51. The molecule has 5 aliphatic rings. The third kappa shape index (κ3) is 2.06. The fraction of sp³-hybridized carbons (Fsp3) is 0.476. The van der Waals surface area contributed by atoms with E-state index in [4.69, 9.17) is 0 Å². The highest BCUT2D eigenvalue weighted by molar-refractivity contribution is 6.09. The number of allylic oxidation sites excluding steroid dienone is 2. The molecule has 1 N–H and O–H groups in total. The first kappa shape index (κ1) is 15.8. The summed E-state index contributed by atoms with van der Waals surface area (Å²) in [6, 6.07) is 5.80. The Balaban J connectivity index is 1.35. The van der Waals surface area contributed by atoms with Gasteiger partial charge in [0.05, 0.1) is 11.8 Å². The van der Waals surface area contributed by atoms with Crippen LogP contribution in [0, 0.1) is 49.4 Å². The fourth-order valence-electron chi connectivity index (χ4n) is 5.51. The van der Waals surface area contributed by atoms with Crippen molar-refractivity contribution < 1.29 is 14.4 Å². The summed E-state index contributed by atoms with van der Waals surface area (Å²) in [5.41, 5.74) is 2.69.